The summed E-state index contributed by atoms with van der Waals surface area (Å²) >= 11 is 0. The van der Waals surface area contributed by atoms with E-state index >= 15 is 0 Å². The molecule has 1 N–H and O–H groups in total. The van der Waals surface area contributed by atoms with Crippen molar-refractivity contribution in [2.75, 3.05) is 18.4 Å². The second-order valence-electron chi connectivity index (χ2n) is 6.65. The van der Waals surface area contributed by atoms with Crippen LogP contribution in [0.4, 0.5) is 10.1 Å². The van der Waals surface area contributed by atoms with Gasteiger partial charge in [-0.15, -0.1) is 0 Å². The Labute approximate surface area is 160 Å². The van der Waals surface area contributed by atoms with Gasteiger partial charge in [0.15, 0.2) is 11.6 Å². The maximum Gasteiger partial charge on any atom is 0.289 e. The lowest BCUT2D eigenvalue weighted by atomic mass is 9.95. The molecule has 4 rings (SSSR count). The summed E-state index contributed by atoms with van der Waals surface area (Å²) in [6.45, 7) is 0.953. The molecule has 0 atom stereocenters. The Hall–Kier alpha value is -3.42. The molecule has 7 nitrogen and oxygen atoms in total. The van der Waals surface area contributed by atoms with Crippen molar-refractivity contribution in [3.05, 3.63) is 66.6 Å². The summed E-state index contributed by atoms with van der Waals surface area (Å²) in [6.07, 6.45) is 5.77. The Morgan fingerprint density at radius 1 is 1.18 bits per heavy atom. The third-order valence-electron chi connectivity index (χ3n) is 4.85. The van der Waals surface area contributed by atoms with Crippen LogP contribution in [0.3, 0.4) is 0 Å². The molecule has 0 bridgehead atoms. The lowest BCUT2D eigenvalue weighted by molar-refractivity contribution is -0.121. The van der Waals surface area contributed by atoms with Gasteiger partial charge >= 0.3 is 0 Å². The first-order valence-electron chi connectivity index (χ1n) is 9.05. The highest BCUT2D eigenvalue weighted by Gasteiger charge is 2.28. The number of halogens is 1. The second-order valence-corrected chi connectivity index (χ2v) is 6.65. The minimum atomic E-state index is -0.472. The first-order chi connectivity index (χ1) is 13.6. The molecule has 2 amide bonds. The van der Waals surface area contributed by atoms with E-state index in [-0.39, 0.29) is 17.7 Å². The highest BCUT2D eigenvalue weighted by molar-refractivity contribution is 5.94. The van der Waals surface area contributed by atoms with Crippen LogP contribution in [0.1, 0.15) is 23.4 Å². The van der Waals surface area contributed by atoms with Crippen LogP contribution >= 0.6 is 0 Å². The van der Waals surface area contributed by atoms with Gasteiger partial charge in [0, 0.05) is 37.1 Å². The van der Waals surface area contributed by atoms with Crippen molar-refractivity contribution in [3.63, 3.8) is 0 Å². The molecule has 0 aliphatic carbocycles. The van der Waals surface area contributed by atoms with Crippen LogP contribution in [-0.4, -0.2) is 39.6 Å². The molecule has 8 heteroatoms. The molecule has 1 aliphatic rings. The fourth-order valence-corrected chi connectivity index (χ4v) is 3.33. The normalized spacial score (nSPS) is 14.8. The largest absolute Gasteiger partial charge is 0.459 e. The van der Waals surface area contributed by atoms with E-state index in [0.717, 1.165) is 0 Å². The number of rotatable bonds is 4. The zero-order valence-electron chi connectivity index (χ0n) is 15.0. The zero-order chi connectivity index (χ0) is 19.5. The van der Waals surface area contributed by atoms with Gasteiger partial charge in [-0.3, -0.25) is 9.59 Å². The van der Waals surface area contributed by atoms with E-state index < -0.39 is 5.82 Å². The van der Waals surface area contributed by atoms with Crippen LogP contribution in [0.2, 0.25) is 0 Å². The molecule has 1 aromatic carbocycles. The number of anilines is 1. The molecular weight excluding hydrogens is 363 g/mol. The van der Waals surface area contributed by atoms with E-state index in [2.05, 4.69) is 10.4 Å². The first kappa shape index (κ1) is 18.0. The van der Waals surface area contributed by atoms with Crippen molar-refractivity contribution >= 4 is 17.5 Å². The number of amides is 2. The number of likely N-dealkylation sites (tertiary alicyclic amines) is 1. The molecule has 3 aromatic rings. The molecule has 0 unspecified atom stereocenters. The van der Waals surface area contributed by atoms with Crippen molar-refractivity contribution in [1.29, 1.82) is 0 Å². The minimum Gasteiger partial charge on any atom is -0.459 e. The summed E-state index contributed by atoms with van der Waals surface area (Å²) in [5.41, 5.74) is 0.709. The minimum absolute atomic E-state index is 0.167. The van der Waals surface area contributed by atoms with E-state index in [1.807, 2.05) is 0 Å². The molecule has 0 saturated carbocycles. The number of carbonyl (C=O) groups is 2. The molecule has 1 fully saturated rings. The molecule has 3 heterocycles. The predicted octanol–water partition coefficient (Wildman–Crippen LogP) is 3.10. The van der Waals surface area contributed by atoms with Gasteiger partial charge in [0.2, 0.25) is 5.91 Å². The Morgan fingerprint density at radius 3 is 2.64 bits per heavy atom. The first-order valence-corrected chi connectivity index (χ1v) is 9.05. The van der Waals surface area contributed by atoms with Gasteiger partial charge in [-0.1, -0.05) is 0 Å². The van der Waals surface area contributed by atoms with E-state index in [0.29, 0.717) is 43.1 Å². The maximum absolute atomic E-state index is 14.3. The number of nitrogens with zero attached hydrogens (tertiary/aromatic N) is 3. The van der Waals surface area contributed by atoms with Crippen LogP contribution in [0.5, 0.6) is 0 Å². The van der Waals surface area contributed by atoms with Crippen molar-refractivity contribution in [2.24, 2.45) is 5.92 Å². The average Bonchev–Trinajstić information content (AvgIpc) is 3.42. The molecule has 28 heavy (non-hydrogen) atoms. The third-order valence-corrected chi connectivity index (χ3v) is 4.85. The molecule has 2 aromatic heterocycles. The van der Waals surface area contributed by atoms with Crippen LogP contribution in [0, 0.1) is 11.7 Å². The van der Waals surface area contributed by atoms with Gasteiger partial charge < -0.3 is 14.6 Å². The molecule has 0 spiro atoms. The molecule has 0 radical (unpaired) electrons. The van der Waals surface area contributed by atoms with Gasteiger partial charge in [-0.25, -0.2) is 9.07 Å². The number of aromatic nitrogens is 2. The summed E-state index contributed by atoms with van der Waals surface area (Å²) in [5, 5.41) is 6.77. The Kier molecular flexibility index (Phi) is 4.92. The summed E-state index contributed by atoms with van der Waals surface area (Å²) in [7, 11) is 0. The fraction of sp³-hybridized carbons (Fsp3) is 0.250. The summed E-state index contributed by atoms with van der Waals surface area (Å²) < 4.78 is 20.9. The van der Waals surface area contributed by atoms with Crippen LogP contribution in [0.15, 0.2) is 59.5 Å². The second kappa shape index (κ2) is 7.67. The Morgan fingerprint density at radius 2 is 2.00 bits per heavy atom. The van der Waals surface area contributed by atoms with E-state index in [1.165, 1.54) is 17.0 Å². The molecule has 1 saturated heterocycles. The number of benzene rings is 1. The number of hydrogen-bond donors (Lipinski definition) is 1. The lowest BCUT2D eigenvalue weighted by Gasteiger charge is -2.30. The van der Waals surface area contributed by atoms with Gasteiger partial charge in [0.05, 0.1) is 6.26 Å². The predicted molar refractivity (Wildman–Crippen MR) is 99.5 cm³/mol. The summed E-state index contributed by atoms with van der Waals surface area (Å²) in [6, 6.07) is 9.51. The van der Waals surface area contributed by atoms with Crippen molar-refractivity contribution in [1.82, 2.24) is 14.7 Å². The monoisotopic (exact) mass is 382 g/mol. The van der Waals surface area contributed by atoms with Gasteiger partial charge in [-0.05, 0) is 49.2 Å². The SMILES string of the molecule is O=C(Nc1ccc(-n2cccn2)c(F)c1)C1CCN(C(=O)c2ccco2)CC1. The summed E-state index contributed by atoms with van der Waals surface area (Å²) in [5.74, 6) is -0.734. The van der Waals surface area contributed by atoms with Gasteiger partial charge in [-0.2, -0.15) is 5.10 Å². The molecule has 1 aliphatic heterocycles. The summed E-state index contributed by atoms with van der Waals surface area (Å²) in [4.78, 5) is 26.5. The maximum atomic E-state index is 14.3. The number of hydrogen-bond acceptors (Lipinski definition) is 4. The lowest BCUT2D eigenvalue weighted by Crippen LogP contribution is -2.41. The van der Waals surface area contributed by atoms with E-state index in [4.69, 9.17) is 4.42 Å². The highest BCUT2D eigenvalue weighted by Crippen LogP contribution is 2.23. The average molecular weight is 382 g/mol. The third kappa shape index (κ3) is 3.66. The van der Waals surface area contributed by atoms with Crippen LogP contribution in [0.25, 0.3) is 5.69 Å². The van der Waals surface area contributed by atoms with Crippen LogP contribution in [-0.2, 0) is 4.79 Å². The van der Waals surface area contributed by atoms with Crippen molar-refractivity contribution in [3.8, 4) is 5.69 Å². The van der Waals surface area contributed by atoms with E-state index in [9.17, 15) is 14.0 Å². The smallest absolute Gasteiger partial charge is 0.289 e. The standard InChI is InChI=1S/C20H19FN4O3/c21-16-13-15(4-5-17(16)25-9-2-8-22-25)23-19(26)14-6-10-24(11-7-14)20(27)18-3-1-12-28-18/h1-5,8-9,12-14H,6-7,10-11H2,(H,23,26). The van der Waals surface area contributed by atoms with Gasteiger partial charge in [0.1, 0.15) is 5.69 Å². The number of carbonyl (C=O) groups excluding carboxylic acids is 2. The Bertz CT molecular complexity index is 962. The molecular formula is C20H19FN4O3. The number of nitrogens with one attached hydrogen (secondary N) is 1. The fourth-order valence-electron chi connectivity index (χ4n) is 3.33. The number of piperidine rings is 1. The zero-order valence-corrected chi connectivity index (χ0v) is 15.0. The van der Waals surface area contributed by atoms with Crippen LogP contribution < -0.4 is 5.32 Å². The molecule has 144 valence electrons. The van der Waals surface area contributed by atoms with E-state index in [1.54, 1.807) is 47.6 Å². The highest BCUT2D eigenvalue weighted by atomic mass is 19.1. The number of furan rings is 1. The Balaban J connectivity index is 1.35. The van der Waals surface area contributed by atoms with Gasteiger partial charge in [0.25, 0.3) is 5.91 Å². The topological polar surface area (TPSA) is 80.4 Å². The van der Waals surface area contributed by atoms with Crippen molar-refractivity contribution in [2.45, 2.75) is 12.8 Å². The quantitative estimate of drug-likeness (QED) is 0.752. The van der Waals surface area contributed by atoms with Crippen molar-refractivity contribution < 1.29 is 18.4 Å².